The predicted octanol–water partition coefficient (Wildman–Crippen LogP) is 3.40. The van der Waals surface area contributed by atoms with Crippen LogP contribution in [0.4, 0.5) is 0 Å². The van der Waals surface area contributed by atoms with Gasteiger partial charge in [0, 0.05) is 17.3 Å². The summed E-state index contributed by atoms with van der Waals surface area (Å²) in [5.41, 5.74) is 2.72. The molecule has 0 aliphatic carbocycles. The third-order valence-electron chi connectivity index (χ3n) is 3.57. The van der Waals surface area contributed by atoms with Crippen LogP contribution in [0.25, 0.3) is 0 Å². The molecule has 1 aromatic rings. The van der Waals surface area contributed by atoms with Crippen LogP contribution in [0.15, 0.2) is 24.3 Å². The fourth-order valence-corrected chi connectivity index (χ4v) is 2.93. The van der Waals surface area contributed by atoms with Crippen LogP contribution in [-0.4, -0.2) is 29.3 Å². The molecule has 0 amide bonds. The summed E-state index contributed by atoms with van der Waals surface area (Å²) in [6, 6.07) is 9.47. The number of thioether (sulfide) groups is 1. The van der Waals surface area contributed by atoms with Gasteiger partial charge in [-0.25, -0.2) is 0 Å². The lowest BCUT2D eigenvalue weighted by atomic mass is 10.0. The van der Waals surface area contributed by atoms with Crippen molar-refractivity contribution in [3.05, 3.63) is 35.4 Å². The molecule has 0 heterocycles. The minimum Gasteiger partial charge on any atom is -0.395 e. The summed E-state index contributed by atoms with van der Waals surface area (Å²) in [5.74, 6) is 0. The number of hydrogen-bond donors (Lipinski definition) is 2. The van der Waals surface area contributed by atoms with E-state index in [1.54, 1.807) is 11.8 Å². The van der Waals surface area contributed by atoms with Gasteiger partial charge in [-0.15, -0.1) is 0 Å². The highest BCUT2D eigenvalue weighted by atomic mass is 32.2. The van der Waals surface area contributed by atoms with Crippen LogP contribution in [-0.2, 0) is 6.42 Å². The first kappa shape index (κ1) is 16.5. The van der Waals surface area contributed by atoms with Gasteiger partial charge in [0.05, 0.1) is 6.61 Å². The Morgan fingerprint density at radius 3 is 2.32 bits per heavy atom. The van der Waals surface area contributed by atoms with Crippen molar-refractivity contribution in [3.8, 4) is 0 Å². The first-order valence-electron chi connectivity index (χ1n) is 7.10. The third-order valence-corrected chi connectivity index (χ3v) is 4.73. The number of rotatable bonds is 8. The normalized spacial score (nSPS) is 16.1. The van der Waals surface area contributed by atoms with Gasteiger partial charge in [-0.1, -0.05) is 37.6 Å². The van der Waals surface area contributed by atoms with E-state index >= 15 is 0 Å². The predicted molar refractivity (Wildman–Crippen MR) is 85.8 cm³/mol. The molecule has 0 spiro atoms. The number of nitrogens with one attached hydrogen (secondary N) is 1. The highest BCUT2D eigenvalue weighted by molar-refractivity contribution is 7.99. The Bertz CT molecular complexity index is 348. The SMILES string of the molecule is CCCc1ccc(C(C)NC(C)C(CO)SC)cc1. The molecule has 1 rings (SSSR count). The molecule has 3 heteroatoms. The first-order valence-corrected chi connectivity index (χ1v) is 8.39. The monoisotopic (exact) mass is 281 g/mol. The maximum atomic E-state index is 9.31. The minimum absolute atomic E-state index is 0.220. The third kappa shape index (κ3) is 5.17. The lowest BCUT2D eigenvalue weighted by Gasteiger charge is -2.25. The average Bonchev–Trinajstić information content (AvgIpc) is 2.41. The molecular weight excluding hydrogens is 254 g/mol. The highest BCUT2D eigenvalue weighted by Gasteiger charge is 2.17. The Kier molecular flexibility index (Phi) is 7.51. The Labute approximate surface area is 122 Å². The van der Waals surface area contributed by atoms with E-state index in [1.165, 1.54) is 17.5 Å². The van der Waals surface area contributed by atoms with Crippen molar-refractivity contribution in [1.82, 2.24) is 5.32 Å². The molecule has 3 unspecified atom stereocenters. The molecule has 0 bridgehead atoms. The number of aryl methyl sites for hydroxylation is 1. The lowest BCUT2D eigenvalue weighted by Crippen LogP contribution is -2.38. The molecule has 2 nitrogen and oxygen atoms in total. The van der Waals surface area contributed by atoms with Gasteiger partial charge in [-0.2, -0.15) is 11.8 Å². The largest absolute Gasteiger partial charge is 0.395 e. The lowest BCUT2D eigenvalue weighted by molar-refractivity contribution is 0.272. The fourth-order valence-electron chi connectivity index (χ4n) is 2.30. The van der Waals surface area contributed by atoms with Crippen LogP contribution >= 0.6 is 11.8 Å². The smallest absolute Gasteiger partial charge is 0.0564 e. The summed E-state index contributed by atoms with van der Waals surface area (Å²) in [4.78, 5) is 0. The van der Waals surface area contributed by atoms with Crippen LogP contribution in [0.1, 0.15) is 44.4 Å². The first-order chi connectivity index (χ1) is 9.12. The van der Waals surface area contributed by atoms with Crippen LogP contribution in [0.2, 0.25) is 0 Å². The molecule has 2 N–H and O–H groups in total. The van der Waals surface area contributed by atoms with Crippen LogP contribution in [0.5, 0.6) is 0 Å². The molecular formula is C16H27NOS. The van der Waals surface area contributed by atoms with E-state index in [2.05, 4.69) is 50.4 Å². The number of aliphatic hydroxyl groups is 1. The van der Waals surface area contributed by atoms with E-state index in [4.69, 9.17) is 0 Å². The van der Waals surface area contributed by atoms with Crippen molar-refractivity contribution in [2.75, 3.05) is 12.9 Å². The Morgan fingerprint density at radius 1 is 1.21 bits per heavy atom. The van der Waals surface area contributed by atoms with Crippen molar-refractivity contribution in [3.63, 3.8) is 0 Å². The molecule has 19 heavy (non-hydrogen) atoms. The van der Waals surface area contributed by atoms with E-state index in [1.807, 2.05) is 6.26 Å². The van der Waals surface area contributed by atoms with Crippen LogP contribution in [0.3, 0.4) is 0 Å². The van der Waals surface area contributed by atoms with Crippen LogP contribution < -0.4 is 5.32 Å². The van der Waals surface area contributed by atoms with Gasteiger partial charge in [-0.3, -0.25) is 0 Å². The van der Waals surface area contributed by atoms with E-state index in [0.717, 1.165) is 6.42 Å². The number of hydrogen-bond acceptors (Lipinski definition) is 3. The summed E-state index contributed by atoms with van der Waals surface area (Å²) >= 11 is 1.71. The topological polar surface area (TPSA) is 32.3 Å². The highest BCUT2D eigenvalue weighted by Crippen LogP contribution is 2.18. The molecule has 0 aliphatic heterocycles. The molecule has 108 valence electrons. The molecule has 0 aromatic heterocycles. The standard InChI is InChI=1S/C16H27NOS/c1-5-6-14-7-9-15(10-8-14)12(2)17-13(3)16(11-18)19-4/h7-10,12-13,16-18H,5-6,11H2,1-4H3. The zero-order valence-electron chi connectivity index (χ0n) is 12.5. The molecule has 0 aliphatic rings. The van der Waals surface area contributed by atoms with Crippen molar-refractivity contribution in [1.29, 1.82) is 0 Å². The van der Waals surface area contributed by atoms with Crippen molar-refractivity contribution in [2.24, 2.45) is 0 Å². The summed E-state index contributed by atoms with van der Waals surface area (Å²) in [6.07, 6.45) is 4.39. The van der Waals surface area contributed by atoms with Crippen molar-refractivity contribution in [2.45, 2.75) is 50.9 Å². The number of benzene rings is 1. The maximum absolute atomic E-state index is 9.31. The van der Waals surface area contributed by atoms with Gasteiger partial charge in [0.1, 0.15) is 0 Å². The van der Waals surface area contributed by atoms with Gasteiger partial charge in [0.15, 0.2) is 0 Å². The second-order valence-electron chi connectivity index (χ2n) is 5.13. The Hall–Kier alpha value is -0.510. The van der Waals surface area contributed by atoms with Crippen molar-refractivity contribution >= 4 is 11.8 Å². The van der Waals surface area contributed by atoms with Crippen LogP contribution in [0, 0.1) is 0 Å². The van der Waals surface area contributed by atoms with E-state index in [0.29, 0.717) is 12.1 Å². The summed E-state index contributed by atoms with van der Waals surface area (Å²) in [7, 11) is 0. The van der Waals surface area contributed by atoms with E-state index in [9.17, 15) is 5.11 Å². The van der Waals surface area contributed by atoms with E-state index in [-0.39, 0.29) is 11.9 Å². The van der Waals surface area contributed by atoms with Gasteiger partial charge in [-0.05, 0) is 37.7 Å². The second-order valence-corrected chi connectivity index (χ2v) is 6.20. The van der Waals surface area contributed by atoms with Gasteiger partial charge in [0.2, 0.25) is 0 Å². The van der Waals surface area contributed by atoms with E-state index < -0.39 is 0 Å². The molecule has 0 radical (unpaired) electrons. The molecule has 0 fully saturated rings. The summed E-state index contributed by atoms with van der Waals surface area (Å²) in [6.45, 7) is 6.74. The van der Waals surface area contributed by atoms with Gasteiger partial charge >= 0.3 is 0 Å². The zero-order chi connectivity index (χ0) is 14.3. The Balaban J connectivity index is 2.59. The maximum Gasteiger partial charge on any atom is 0.0564 e. The molecule has 1 aromatic carbocycles. The second kappa shape index (κ2) is 8.62. The Morgan fingerprint density at radius 2 is 1.84 bits per heavy atom. The molecule has 0 saturated carbocycles. The summed E-state index contributed by atoms with van der Waals surface area (Å²) < 4.78 is 0. The number of aliphatic hydroxyl groups excluding tert-OH is 1. The van der Waals surface area contributed by atoms with Crippen molar-refractivity contribution < 1.29 is 5.11 Å². The van der Waals surface area contributed by atoms with Gasteiger partial charge < -0.3 is 10.4 Å². The summed E-state index contributed by atoms with van der Waals surface area (Å²) in [5, 5.41) is 13.1. The molecule has 3 atom stereocenters. The quantitative estimate of drug-likeness (QED) is 0.766. The average molecular weight is 281 g/mol. The minimum atomic E-state index is 0.220. The fraction of sp³-hybridized carbons (Fsp3) is 0.625. The molecule has 0 saturated heterocycles. The zero-order valence-corrected chi connectivity index (χ0v) is 13.3. The van der Waals surface area contributed by atoms with Gasteiger partial charge in [0.25, 0.3) is 0 Å².